The number of carbonyl (C=O) groups excluding carboxylic acids is 2. The smallest absolute Gasteiger partial charge is 0.264 e. The Labute approximate surface area is 240 Å². The van der Waals surface area contributed by atoms with E-state index in [0.717, 1.165) is 27.4 Å². The molecular weight excluding hydrogens is 557 g/mol. The van der Waals surface area contributed by atoms with E-state index < -0.39 is 28.5 Å². The molecule has 0 bridgehead atoms. The molecule has 0 aliphatic heterocycles. The quantitative estimate of drug-likeness (QED) is 0.308. The van der Waals surface area contributed by atoms with Crippen LogP contribution < -0.4 is 9.62 Å². The summed E-state index contributed by atoms with van der Waals surface area (Å²) >= 11 is 12.7. The summed E-state index contributed by atoms with van der Waals surface area (Å²) < 4.78 is 28.7. The second-order valence-electron chi connectivity index (χ2n) is 9.31. The van der Waals surface area contributed by atoms with Crippen molar-refractivity contribution in [1.82, 2.24) is 10.2 Å². The van der Waals surface area contributed by atoms with E-state index in [2.05, 4.69) is 5.32 Å². The third kappa shape index (κ3) is 7.32. The van der Waals surface area contributed by atoms with Crippen LogP contribution in [-0.4, -0.2) is 44.3 Å². The Kier molecular flexibility index (Phi) is 10.4. The molecule has 0 heterocycles. The highest BCUT2D eigenvalue weighted by Crippen LogP contribution is 2.35. The molecule has 0 saturated carbocycles. The summed E-state index contributed by atoms with van der Waals surface area (Å²) in [5, 5.41) is 2.98. The van der Waals surface area contributed by atoms with Crippen molar-refractivity contribution in [1.29, 1.82) is 0 Å². The number of carbonyl (C=O) groups is 2. The van der Waals surface area contributed by atoms with Crippen molar-refractivity contribution in [3.63, 3.8) is 0 Å². The minimum Gasteiger partial charge on any atom is -0.354 e. The molecule has 1 N–H and O–H groups in total. The highest BCUT2D eigenvalue weighted by Gasteiger charge is 2.33. The number of hydrogen-bond donors (Lipinski definition) is 1. The Balaban J connectivity index is 2.07. The maximum atomic E-state index is 14.0. The van der Waals surface area contributed by atoms with Gasteiger partial charge in [-0.3, -0.25) is 13.9 Å². The number of nitrogens with zero attached hydrogens (tertiary/aromatic N) is 2. The van der Waals surface area contributed by atoms with E-state index in [-0.39, 0.29) is 33.1 Å². The summed E-state index contributed by atoms with van der Waals surface area (Å²) in [6.45, 7) is 7.32. The number of sulfonamides is 1. The molecule has 2 amide bonds. The Morgan fingerprint density at radius 3 is 2.26 bits per heavy atom. The zero-order chi connectivity index (χ0) is 28.7. The van der Waals surface area contributed by atoms with E-state index in [1.165, 1.54) is 29.2 Å². The lowest BCUT2D eigenvalue weighted by Gasteiger charge is -2.32. The average molecular weight is 591 g/mol. The van der Waals surface area contributed by atoms with Gasteiger partial charge in [0.25, 0.3) is 10.0 Å². The van der Waals surface area contributed by atoms with Crippen molar-refractivity contribution in [3.8, 4) is 0 Å². The molecule has 7 nitrogen and oxygen atoms in total. The molecule has 1 unspecified atom stereocenters. The van der Waals surface area contributed by atoms with Gasteiger partial charge in [0.2, 0.25) is 11.8 Å². The molecule has 0 aliphatic rings. The Morgan fingerprint density at radius 1 is 0.949 bits per heavy atom. The van der Waals surface area contributed by atoms with Gasteiger partial charge in [0.1, 0.15) is 12.6 Å². The van der Waals surface area contributed by atoms with Crippen molar-refractivity contribution >= 4 is 50.7 Å². The van der Waals surface area contributed by atoms with Gasteiger partial charge in [-0.2, -0.15) is 0 Å². The first-order valence-corrected chi connectivity index (χ1v) is 14.8. The Hall–Kier alpha value is -3.07. The minimum absolute atomic E-state index is 0.00171. The number of anilines is 1. The van der Waals surface area contributed by atoms with Crippen LogP contribution in [0.1, 0.15) is 37.0 Å². The highest BCUT2D eigenvalue weighted by molar-refractivity contribution is 7.92. The first-order valence-electron chi connectivity index (χ1n) is 12.6. The second kappa shape index (κ2) is 13.3. The molecule has 3 rings (SSSR count). The largest absolute Gasteiger partial charge is 0.354 e. The number of rotatable bonds is 11. The summed E-state index contributed by atoms with van der Waals surface area (Å²) in [5.41, 5.74) is 2.74. The van der Waals surface area contributed by atoms with Gasteiger partial charge in [-0.25, -0.2) is 8.42 Å². The highest BCUT2D eigenvalue weighted by atomic mass is 35.5. The van der Waals surface area contributed by atoms with Crippen LogP contribution in [0.25, 0.3) is 0 Å². The molecule has 0 spiro atoms. The molecule has 0 aromatic heterocycles. The van der Waals surface area contributed by atoms with Crippen molar-refractivity contribution in [2.75, 3.05) is 17.4 Å². The van der Waals surface area contributed by atoms with Crippen LogP contribution in [0.5, 0.6) is 0 Å². The lowest BCUT2D eigenvalue weighted by atomic mass is 10.1. The van der Waals surface area contributed by atoms with Gasteiger partial charge in [0.05, 0.1) is 20.6 Å². The molecule has 0 aliphatic carbocycles. The summed E-state index contributed by atoms with van der Waals surface area (Å²) in [4.78, 5) is 28.3. The molecule has 0 fully saturated rings. The molecule has 1 atom stereocenters. The van der Waals surface area contributed by atoms with E-state index >= 15 is 0 Å². The topological polar surface area (TPSA) is 86.8 Å². The zero-order valence-electron chi connectivity index (χ0n) is 22.4. The summed E-state index contributed by atoms with van der Waals surface area (Å²) in [6.07, 6.45) is 0.736. The molecular formula is C29H33Cl2N3O4S. The first-order chi connectivity index (χ1) is 18.5. The van der Waals surface area contributed by atoms with Gasteiger partial charge < -0.3 is 10.2 Å². The molecule has 0 saturated heterocycles. The van der Waals surface area contributed by atoms with Crippen LogP contribution in [0.2, 0.25) is 10.0 Å². The van der Waals surface area contributed by atoms with E-state index in [9.17, 15) is 18.0 Å². The standard InChI is InChI=1S/C29H33Cl2N3O4S/c1-5-17-32-29(36)22(4)33(18-23-10-7-6-9-21(23)3)27(35)19-34(26-12-8-11-25(30)28(26)31)39(37,38)24-15-13-20(2)14-16-24/h6-16,22H,5,17-19H2,1-4H3,(H,32,36). The van der Waals surface area contributed by atoms with Gasteiger partial charge in [0.15, 0.2) is 0 Å². The molecule has 3 aromatic rings. The molecule has 0 radical (unpaired) electrons. The average Bonchev–Trinajstić information content (AvgIpc) is 2.91. The van der Waals surface area contributed by atoms with Crippen molar-refractivity contribution in [2.24, 2.45) is 0 Å². The normalized spacial score (nSPS) is 12.1. The van der Waals surface area contributed by atoms with E-state index in [1.54, 1.807) is 25.1 Å². The van der Waals surface area contributed by atoms with E-state index in [1.807, 2.05) is 45.0 Å². The predicted octanol–water partition coefficient (Wildman–Crippen LogP) is 5.75. The SMILES string of the molecule is CCCNC(=O)C(C)N(Cc1ccccc1C)C(=O)CN(c1cccc(Cl)c1Cl)S(=O)(=O)c1ccc(C)cc1. The van der Waals surface area contributed by atoms with Crippen LogP contribution in [-0.2, 0) is 26.2 Å². The number of nitrogens with one attached hydrogen (secondary N) is 1. The fraction of sp³-hybridized carbons (Fsp3) is 0.310. The predicted molar refractivity (Wildman–Crippen MR) is 157 cm³/mol. The maximum absolute atomic E-state index is 14.0. The van der Waals surface area contributed by atoms with Crippen molar-refractivity contribution in [3.05, 3.63) is 93.5 Å². The molecule has 208 valence electrons. The first kappa shape index (κ1) is 30.5. The third-order valence-electron chi connectivity index (χ3n) is 6.41. The van der Waals surface area contributed by atoms with Crippen molar-refractivity contribution in [2.45, 2.75) is 51.6 Å². The van der Waals surface area contributed by atoms with Gasteiger partial charge in [0, 0.05) is 13.1 Å². The monoisotopic (exact) mass is 589 g/mol. The maximum Gasteiger partial charge on any atom is 0.264 e. The number of amides is 2. The lowest BCUT2D eigenvalue weighted by Crippen LogP contribution is -2.51. The fourth-order valence-electron chi connectivity index (χ4n) is 3.99. The van der Waals surface area contributed by atoms with Gasteiger partial charge >= 0.3 is 0 Å². The van der Waals surface area contributed by atoms with E-state index in [0.29, 0.717) is 6.54 Å². The third-order valence-corrected chi connectivity index (χ3v) is 8.99. The number of aryl methyl sites for hydroxylation is 2. The number of halogens is 2. The van der Waals surface area contributed by atoms with Crippen LogP contribution in [0.15, 0.2) is 71.6 Å². The molecule has 3 aromatic carbocycles. The summed E-state index contributed by atoms with van der Waals surface area (Å²) in [6, 6.07) is 17.6. The van der Waals surface area contributed by atoms with Gasteiger partial charge in [-0.15, -0.1) is 0 Å². The fourth-order valence-corrected chi connectivity index (χ4v) is 5.86. The van der Waals surface area contributed by atoms with Gasteiger partial charge in [-0.1, -0.05) is 78.2 Å². The van der Waals surface area contributed by atoms with Crippen LogP contribution in [0.3, 0.4) is 0 Å². The van der Waals surface area contributed by atoms with Gasteiger partial charge in [-0.05, 0) is 62.6 Å². The summed E-state index contributed by atoms with van der Waals surface area (Å²) in [7, 11) is -4.24. The van der Waals surface area contributed by atoms with Crippen LogP contribution >= 0.6 is 23.2 Å². The van der Waals surface area contributed by atoms with Crippen LogP contribution in [0.4, 0.5) is 5.69 Å². The number of benzene rings is 3. The second-order valence-corrected chi connectivity index (χ2v) is 12.0. The Morgan fingerprint density at radius 2 is 1.62 bits per heavy atom. The number of hydrogen-bond acceptors (Lipinski definition) is 4. The molecule has 39 heavy (non-hydrogen) atoms. The van der Waals surface area contributed by atoms with Crippen LogP contribution in [0, 0.1) is 13.8 Å². The Bertz CT molecular complexity index is 1430. The van der Waals surface area contributed by atoms with Crippen molar-refractivity contribution < 1.29 is 18.0 Å². The molecule has 10 heteroatoms. The van der Waals surface area contributed by atoms with E-state index in [4.69, 9.17) is 23.2 Å². The lowest BCUT2D eigenvalue weighted by molar-refractivity contribution is -0.139. The summed E-state index contributed by atoms with van der Waals surface area (Å²) in [5.74, 6) is -0.892. The zero-order valence-corrected chi connectivity index (χ0v) is 24.8. The minimum atomic E-state index is -4.24.